The fourth-order valence-corrected chi connectivity index (χ4v) is 7.61. The van der Waals surface area contributed by atoms with Crippen molar-refractivity contribution < 1.29 is 22.8 Å². The van der Waals surface area contributed by atoms with E-state index in [1.807, 2.05) is 12.1 Å². The molecule has 1 aromatic heterocycles. The molecule has 2 aliphatic heterocycles. The lowest BCUT2D eigenvalue weighted by molar-refractivity contribution is -0.136. The molecule has 232 valence electrons. The molecule has 12 heteroatoms. The molecule has 45 heavy (non-hydrogen) atoms. The van der Waals surface area contributed by atoms with Crippen molar-refractivity contribution in [2.45, 2.75) is 23.3 Å². The number of Topliss-reactive ketones (excluding diaryl/α,β-unsaturated/α-hetero) is 1. The first-order valence-electron chi connectivity index (χ1n) is 14.7. The van der Waals surface area contributed by atoms with E-state index in [9.17, 15) is 22.8 Å². The summed E-state index contributed by atoms with van der Waals surface area (Å²) < 4.78 is 28.3. The summed E-state index contributed by atoms with van der Waals surface area (Å²) in [5.41, 5.74) is 0.407. The lowest BCUT2D eigenvalue weighted by Crippen LogP contribution is -2.64. The molecule has 0 spiro atoms. The standard InChI is InChI=1S/C33H32ClN5O5S/c34-27-8-6-26-21-29(9-7-25(26)20-27)45(43,44)39-19-18-38(30(40)22-39)23-33(36-32(42)31(41)24-4-2-1-3-5-24)12-16-37(17-13-33)28-10-14-35-15-11-28/h1-11,14-15,20-21H,12-13,16-19,22-23H2,(H,36,42). The zero-order valence-electron chi connectivity index (χ0n) is 24.4. The van der Waals surface area contributed by atoms with E-state index in [0.717, 1.165) is 16.5 Å². The number of nitrogens with zero attached hydrogens (tertiary/aromatic N) is 4. The molecular formula is C33H32ClN5O5S. The summed E-state index contributed by atoms with van der Waals surface area (Å²) in [4.78, 5) is 47.7. The van der Waals surface area contributed by atoms with Crippen LogP contribution in [0.2, 0.25) is 5.02 Å². The number of piperazine rings is 1. The van der Waals surface area contributed by atoms with Crippen molar-refractivity contribution in [1.82, 2.24) is 19.5 Å². The van der Waals surface area contributed by atoms with Crippen LogP contribution in [-0.4, -0.2) is 85.0 Å². The second kappa shape index (κ2) is 12.6. The Morgan fingerprint density at radius 1 is 0.867 bits per heavy atom. The minimum absolute atomic E-state index is 0.100. The van der Waals surface area contributed by atoms with E-state index in [-0.39, 0.29) is 42.5 Å². The van der Waals surface area contributed by atoms with Crippen LogP contribution in [0.25, 0.3) is 10.8 Å². The van der Waals surface area contributed by atoms with E-state index in [1.165, 1.54) is 10.4 Å². The summed E-state index contributed by atoms with van der Waals surface area (Å²) in [6, 6.07) is 22.2. The fourth-order valence-electron chi connectivity index (χ4n) is 6.02. The SMILES string of the molecule is O=C(NC1(CN2CCN(S(=O)(=O)c3ccc4cc(Cl)ccc4c3)CC2=O)CCN(c2ccncc2)CC1)C(=O)c1ccccc1. The Balaban J connectivity index is 1.18. The van der Waals surface area contributed by atoms with E-state index in [4.69, 9.17) is 11.6 Å². The van der Waals surface area contributed by atoms with Crippen LogP contribution < -0.4 is 10.2 Å². The Bertz CT molecular complexity index is 1850. The minimum atomic E-state index is -3.94. The van der Waals surface area contributed by atoms with E-state index in [2.05, 4.69) is 15.2 Å². The number of fused-ring (bicyclic) bond motifs is 1. The van der Waals surface area contributed by atoms with Gasteiger partial charge in [0.05, 0.1) is 17.0 Å². The molecule has 0 unspecified atom stereocenters. The smallest absolute Gasteiger partial charge is 0.292 e. The lowest BCUT2D eigenvalue weighted by Gasteiger charge is -2.46. The maximum atomic E-state index is 13.6. The molecule has 2 aliphatic rings. The highest BCUT2D eigenvalue weighted by atomic mass is 35.5. The minimum Gasteiger partial charge on any atom is -0.371 e. The second-order valence-electron chi connectivity index (χ2n) is 11.4. The molecule has 0 bridgehead atoms. The number of carbonyl (C=O) groups is 3. The molecule has 3 heterocycles. The van der Waals surface area contributed by atoms with Crippen LogP contribution in [0.1, 0.15) is 23.2 Å². The van der Waals surface area contributed by atoms with Crippen LogP contribution in [0.4, 0.5) is 5.69 Å². The predicted molar refractivity (Wildman–Crippen MR) is 172 cm³/mol. The van der Waals surface area contributed by atoms with Gasteiger partial charge in [0.25, 0.3) is 5.91 Å². The van der Waals surface area contributed by atoms with E-state index < -0.39 is 27.3 Å². The van der Waals surface area contributed by atoms with Gasteiger partial charge < -0.3 is 15.1 Å². The summed E-state index contributed by atoms with van der Waals surface area (Å²) in [5.74, 6) is -1.74. The van der Waals surface area contributed by atoms with Gasteiger partial charge >= 0.3 is 0 Å². The van der Waals surface area contributed by atoms with Gasteiger partial charge in [-0.25, -0.2) is 8.42 Å². The van der Waals surface area contributed by atoms with Crippen molar-refractivity contribution in [2.75, 3.05) is 44.2 Å². The number of aromatic nitrogens is 1. The van der Waals surface area contributed by atoms with Crippen LogP contribution in [-0.2, 0) is 19.6 Å². The number of amides is 2. The maximum Gasteiger partial charge on any atom is 0.292 e. The van der Waals surface area contributed by atoms with Crippen molar-refractivity contribution in [3.05, 3.63) is 102 Å². The van der Waals surface area contributed by atoms with Crippen molar-refractivity contribution in [2.24, 2.45) is 0 Å². The Morgan fingerprint density at radius 2 is 1.56 bits per heavy atom. The number of sulfonamides is 1. The molecule has 10 nitrogen and oxygen atoms in total. The number of hydrogen-bond donors (Lipinski definition) is 1. The Kier molecular flexibility index (Phi) is 8.59. The van der Waals surface area contributed by atoms with Crippen LogP contribution in [0, 0.1) is 0 Å². The molecule has 1 N–H and O–H groups in total. The lowest BCUT2D eigenvalue weighted by atomic mass is 9.85. The molecule has 2 fully saturated rings. The third-order valence-electron chi connectivity index (χ3n) is 8.56. The summed E-state index contributed by atoms with van der Waals surface area (Å²) in [6.45, 7) is 1.26. The normalized spacial score (nSPS) is 17.3. The first-order valence-corrected chi connectivity index (χ1v) is 16.5. The molecule has 2 saturated heterocycles. The summed E-state index contributed by atoms with van der Waals surface area (Å²) >= 11 is 6.07. The number of anilines is 1. The van der Waals surface area contributed by atoms with Crippen molar-refractivity contribution in [3.63, 3.8) is 0 Å². The Labute approximate surface area is 266 Å². The first-order chi connectivity index (χ1) is 21.6. The molecule has 6 rings (SSSR count). The van der Waals surface area contributed by atoms with Gasteiger partial charge in [-0.15, -0.1) is 0 Å². The monoisotopic (exact) mass is 645 g/mol. The summed E-state index contributed by atoms with van der Waals surface area (Å²) in [5, 5.41) is 5.10. The zero-order valence-corrected chi connectivity index (χ0v) is 26.0. The number of pyridine rings is 1. The number of nitrogens with one attached hydrogen (secondary N) is 1. The molecular weight excluding hydrogens is 614 g/mol. The average Bonchev–Trinajstić information content (AvgIpc) is 3.06. The maximum absolute atomic E-state index is 13.6. The molecule has 0 atom stereocenters. The van der Waals surface area contributed by atoms with Gasteiger partial charge in [0.2, 0.25) is 21.7 Å². The average molecular weight is 646 g/mol. The van der Waals surface area contributed by atoms with Crippen molar-refractivity contribution >= 4 is 55.7 Å². The number of halogens is 1. The van der Waals surface area contributed by atoms with Gasteiger partial charge in [0.1, 0.15) is 0 Å². The van der Waals surface area contributed by atoms with E-state index in [0.29, 0.717) is 31.0 Å². The number of carbonyl (C=O) groups excluding carboxylic acids is 3. The van der Waals surface area contributed by atoms with Gasteiger partial charge in [0, 0.05) is 61.4 Å². The van der Waals surface area contributed by atoms with E-state index >= 15 is 0 Å². The van der Waals surface area contributed by atoms with Crippen LogP contribution in [0.3, 0.4) is 0 Å². The van der Waals surface area contributed by atoms with Crippen LogP contribution >= 0.6 is 11.6 Å². The number of piperidine rings is 1. The van der Waals surface area contributed by atoms with Gasteiger partial charge in [-0.2, -0.15) is 4.31 Å². The Morgan fingerprint density at radius 3 is 2.27 bits per heavy atom. The number of ketones is 1. The number of benzene rings is 3. The molecule has 0 radical (unpaired) electrons. The molecule has 0 saturated carbocycles. The van der Waals surface area contributed by atoms with Crippen LogP contribution in [0.5, 0.6) is 0 Å². The molecule has 0 aliphatic carbocycles. The van der Waals surface area contributed by atoms with Crippen LogP contribution in [0.15, 0.2) is 96.2 Å². The highest BCUT2D eigenvalue weighted by Crippen LogP contribution is 2.29. The van der Waals surface area contributed by atoms with Gasteiger partial charge in [-0.1, -0.05) is 54.1 Å². The first kappa shape index (κ1) is 30.7. The quantitative estimate of drug-likeness (QED) is 0.229. The van der Waals surface area contributed by atoms with E-state index in [1.54, 1.807) is 78.0 Å². The third-order valence-corrected chi connectivity index (χ3v) is 10.6. The van der Waals surface area contributed by atoms with Crippen molar-refractivity contribution in [3.8, 4) is 0 Å². The molecule has 2 amide bonds. The number of rotatable bonds is 8. The number of hydrogen-bond acceptors (Lipinski definition) is 7. The highest BCUT2D eigenvalue weighted by Gasteiger charge is 2.42. The van der Waals surface area contributed by atoms with Gasteiger partial charge in [-0.05, 0) is 60.0 Å². The second-order valence-corrected chi connectivity index (χ2v) is 13.8. The molecule has 3 aromatic carbocycles. The zero-order chi connectivity index (χ0) is 31.6. The van der Waals surface area contributed by atoms with Gasteiger partial charge in [0.15, 0.2) is 0 Å². The summed E-state index contributed by atoms with van der Waals surface area (Å²) in [7, 11) is -3.94. The van der Waals surface area contributed by atoms with Crippen molar-refractivity contribution in [1.29, 1.82) is 0 Å². The largest absolute Gasteiger partial charge is 0.371 e. The molecule has 4 aromatic rings. The predicted octanol–water partition coefficient (Wildman–Crippen LogP) is 3.76. The third kappa shape index (κ3) is 6.56. The topological polar surface area (TPSA) is 120 Å². The van der Waals surface area contributed by atoms with Gasteiger partial charge in [-0.3, -0.25) is 19.4 Å². The Hall–Kier alpha value is -4.32. The highest BCUT2D eigenvalue weighted by molar-refractivity contribution is 7.89. The fraction of sp³-hybridized carbons (Fsp3) is 0.273. The summed E-state index contributed by atoms with van der Waals surface area (Å²) in [6.07, 6.45) is 4.40.